The number of pyridine rings is 1. The number of benzene rings is 1. The first kappa shape index (κ1) is 13.5. The molecule has 2 rings (SSSR count). The number of rotatable bonds is 5. The Morgan fingerprint density at radius 2 is 2.11 bits per heavy atom. The van der Waals surface area contributed by atoms with Crippen LogP contribution >= 0.6 is 15.9 Å². The molecule has 0 amide bonds. The summed E-state index contributed by atoms with van der Waals surface area (Å²) in [6.45, 7) is 2.17. The van der Waals surface area contributed by atoms with Crippen LogP contribution in [0, 0.1) is 0 Å². The van der Waals surface area contributed by atoms with Gasteiger partial charge in [0.05, 0.1) is 11.6 Å². The van der Waals surface area contributed by atoms with E-state index in [-0.39, 0.29) is 0 Å². The van der Waals surface area contributed by atoms with E-state index >= 15 is 0 Å². The van der Waals surface area contributed by atoms with Crippen molar-refractivity contribution in [1.82, 2.24) is 4.98 Å². The summed E-state index contributed by atoms with van der Waals surface area (Å²) in [6, 6.07) is 7.90. The first-order valence-electron chi connectivity index (χ1n) is 6.45. The molecule has 0 saturated carbocycles. The number of unbranched alkanes of at least 4 members (excludes halogenated alkanes) is 2. The van der Waals surface area contributed by atoms with Crippen molar-refractivity contribution in [2.24, 2.45) is 0 Å². The topological polar surface area (TPSA) is 33.1 Å². The number of aliphatic hydroxyl groups is 1. The van der Waals surface area contributed by atoms with Gasteiger partial charge in [0.2, 0.25) is 0 Å². The van der Waals surface area contributed by atoms with Crippen LogP contribution in [0.3, 0.4) is 0 Å². The summed E-state index contributed by atoms with van der Waals surface area (Å²) in [6.07, 6.45) is 5.56. The van der Waals surface area contributed by atoms with E-state index in [1.165, 1.54) is 12.8 Å². The third kappa shape index (κ3) is 2.90. The monoisotopic (exact) mass is 307 g/mol. The van der Waals surface area contributed by atoms with Crippen molar-refractivity contribution in [3.05, 3.63) is 40.5 Å². The second-order valence-electron chi connectivity index (χ2n) is 4.55. The van der Waals surface area contributed by atoms with Gasteiger partial charge in [-0.1, -0.05) is 54.2 Å². The molecule has 3 heteroatoms. The number of nitrogens with zero attached hydrogens (tertiary/aromatic N) is 1. The van der Waals surface area contributed by atoms with Gasteiger partial charge < -0.3 is 5.11 Å². The maximum Gasteiger partial charge on any atom is 0.0811 e. The molecule has 1 aromatic carbocycles. The van der Waals surface area contributed by atoms with Crippen molar-refractivity contribution in [3.8, 4) is 0 Å². The van der Waals surface area contributed by atoms with E-state index in [1.807, 2.05) is 24.3 Å². The first-order valence-corrected chi connectivity index (χ1v) is 7.24. The fourth-order valence-corrected chi connectivity index (χ4v) is 2.62. The maximum atomic E-state index is 10.3. The molecule has 0 aliphatic rings. The number of aromatic nitrogens is 1. The van der Waals surface area contributed by atoms with Crippen molar-refractivity contribution in [1.29, 1.82) is 0 Å². The van der Waals surface area contributed by atoms with Crippen LogP contribution in [0.25, 0.3) is 10.9 Å². The molecule has 2 aromatic rings. The molecule has 0 bridgehead atoms. The van der Waals surface area contributed by atoms with Crippen LogP contribution in [0.15, 0.2) is 34.9 Å². The van der Waals surface area contributed by atoms with Crippen LogP contribution in [-0.4, -0.2) is 10.1 Å². The van der Waals surface area contributed by atoms with Gasteiger partial charge in [0.1, 0.15) is 0 Å². The quantitative estimate of drug-likeness (QED) is 0.818. The Kier molecular flexibility index (Phi) is 4.72. The molecule has 0 fully saturated rings. The Morgan fingerprint density at radius 1 is 1.28 bits per heavy atom. The molecule has 0 spiro atoms. The fraction of sp³-hybridized carbons (Fsp3) is 0.400. The van der Waals surface area contributed by atoms with Gasteiger partial charge in [-0.25, -0.2) is 0 Å². The van der Waals surface area contributed by atoms with E-state index < -0.39 is 6.10 Å². The van der Waals surface area contributed by atoms with E-state index in [4.69, 9.17) is 0 Å². The number of halogens is 1. The van der Waals surface area contributed by atoms with Crippen LogP contribution in [0.4, 0.5) is 0 Å². The zero-order chi connectivity index (χ0) is 13.0. The van der Waals surface area contributed by atoms with Gasteiger partial charge in [-0.05, 0) is 18.6 Å². The summed E-state index contributed by atoms with van der Waals surface area (Å²) in [5.74, 6) is 0. The Hall–Kier alpha value is -0.930. The molecular weight excluding hydrogens is 290 g/mol. The fourth-order valence-electron chi connectivity index (χ4n) is 2.17. The summed E-state index contributed by atoms with van der Waals surface area (Å²) >= 11 is 3.52. The van der Waals surface area contributed by atoms with Gasteiger partial charge in [-0.2, -0.15) is 0 Å². The van der Waals surface area contributed by atoms with Crippen LogP contribution < -0.4 is 0 Å². The van der Waals surface area contributed by atoms with E-state index in [1.54, 1.807) is 6.20 Å². The third-order valence-corrected chi connectivity index (χ3v) is 3.88. The van der Waals surface area contributed by atoms with Crippen molar-refractivity contribution in [2.75, 3.05) is 0 Å². The summed E-state index contributed by atoms with van der Waals surface area (Å²) in [4.78, 5) is 4.40. The van der Waals surface area contributed by atoms with Gasteiger partial charge in [-0.15, -0.1) is 0 Å². The van der Waals surface area contributed by atoms with Crippen LogP contribution in [-0.2, 0) is 0 Å². The number of aliphatic hydroxyl groups excluding tert-OH is 1. The summed E-state index contributed by atoms with van der Waals surface area (Å²) in [7, 11) is 0. The Bertz CT molecular complexity index is 527. The molecule has 1 aromatic heterocycles. The molecular formula is C15H18BrNO. The maximum absolute atomic E-state index is 10.3. The predicted octanol–water partition coefficient (Wildman–Crippen LogP) is 4.61. The molecule has 96 valence electrons. The Morgan fingerprint density at radius 3 is 2.89 bits per heavy atom. The summed E-state index contributed by atoms with van der Waals surface area (Å²) in [5, 5.41) is 11.3. The smallest absolute Gasteiger partial charge is 0.0811 e. The second kappa shape index (κ2) is 6.30. The lowest BCUT2D eigenvalue weighted by molar-refractivity contribution is 0.165. The summed E-state index contributed by atoms with van der Waals surface area (Å²) < 4.78 is 1.02. The second-order valence-corrected chi connectivity index (χ2v) is 5.40. The molecule has 1 N–H and O–H groups in total. The van der Waals surface area contributed by atoms with Crippen molar-refractivity contribution >= 4 is 26.8 Å². The Labute approximate surface area is 116 Å². The average Bonchev–Trinajstić information content (AvgIpc) is 2.39. The van der Waals surface area contributed by atoms with Gasteiger partial charge in [-0.3, -0.25) is 4.98 Å². The first-order chi connectivity index (χ1) is 8.74. The largest absolute Gasteiger partial charge is 0.388 e. The normalized spacial score (nSPS) is 12.8. The molecule has 0 aliphatic heterocycles. The van der Waals surface area contributed by atoms with E-state index in [0.29, 0.717) is 0 Å². The van der Waals surface area contributed by atoms with Gasteiger partial charge in [0, 0.05) is 21.6 Å². The van der Waals surface area contributed by atoms with Gasteiger partial charge in [0.25, 0.3) is 0 Å². The number of hydrogen-bond acceptors (Lipinski definition) is 2. The number of fused-ring (bicyclic) bond motifs is 1. The van der Waals surface area contributed by atoms with Crippen LogP contribution in [0.1, 0.15) is 44.3 Å². The molecule has 1 unspecified atom stereocenters. The lowest BCUT2D eigenvalue weighted by atomic mass is 10.0. The van der Waals surface area contributed by atoms with E-state index in [9.17, 15) is 5.11 Å². The van der Waals surface area contributed by atoms with Crippen molar-refractivity contribution < 1.29 is 5.11 Å². The molecule has 0 aliphatic carbocycles. The zero-order valence-electron chi connectivity index (χ0n) is 10.6. The Balaban J connectivity index is 2.30. The van der Waals surface area contributed by atoms with E-state index in [0.717, 1.165) is 33.8 Å². The molecule has 1 atom stereocenters. The lowest BCUT2D eigenvalue weighted by Crippen LogP contribution is -2.00. The minimum Gasteiger partial charge on any atom is -0.388 e. The third-order valence-electron chi connectivity index (χ3n) is 3.19. The molecule has 18 heavy (non-hydrogen) atoms. The van der Waals surface area contributed by atoms with E-state index in [2.05, 4.69) is 27.8 Å². The van der Waals surface area contributed by atoms with Gasteiger partial charge >= 0.3 is 0 Å². The SMILES string of the molecule is CCCCCC(O)c1ccc(Br)c2cccnc12. The molecule has 0 saturated heterocycles. The standard InChI is InChI=1S/C15H18BrNO/c1-2-3-4-7-14(18)12-8-9-13(16)11-6-5-10-17-15(11)12/h5-6,8-10,14,18H,2-4,7H2,1H3. The molecule has 0 radical (unpaired) electrons. The van der Waals surface area contributed by atoms with Gasteiger partial charge in [0.15, 0.2) is 0 Å². The minimum absolute atomic E-state index is 0.415. The zero-order valence-corrected chi connectivity index (χ0v) is 12.2. The lowest BCUT2D eigenvalue weighted by Gasteiger charge is -2.13. The average molecular weight is 308 g/mol. The van der Waals surface area contributed by atoms with Crippen molar-refractivity contribution in [3.63, 3.8) is 0 Å². The number of hydrogen-bond donors (Lipinski definition) is 1. The van der Waals surface area contributed by atoms with Crippen LogP contribution in [0.5, 0.6) is 0 Å². The summed E-state index contributed by atoms with van der Waals surface area (Å²) in [5.41, 5.74) is 1.83. The highest BCUT2D eigenvalue weighted by Gasteiger charge is 2.13. The van der Waals surface area contributed by atoms with Crippen LogP contribution in [0.2, 0.25) is 0 Å². The highest BCUT2D eigenvalue weighted by Crippen LogP contribution is 2.30. The predicted molar refractivity (Wildman–Crippen MR) is 78.5 cm³/mol. The highest BCUT2D eigenvalue weighted by molar-refractivity contribution is 9.10. The molecule has 2 nitrogen and oxygen atoms in total. The minimum atomic E-state index is -0.415. The van der Waals surface area contributed by atoms with Crippen molar-refractivity contribution in [2.45, 2.75) is 38.7 Å². The molecule has 1 heterocycles. The highest BCUT2D eigenvalue weighted by atomic mass is 79.9.